The fourth-order valence-electron chi connectivity index (χ4n) is 1.65. The van der Waals surface area contributed by atoms with E-state index in [0.717, 1.165) is 12.8 Å². The number of nitrogen functional groups attached to an aromatic ring is 1. The maximum atomic E-state index is 11.1. The summed E-state index contributed by atoms with van der Waals surface area (Å²) in [7, 11) is 0. The zero-order valence-electron chi connectivity index (χ0n) is 11.1. The summed E-state index contributed by atoms with van der Waals surface area (Å²) in [6.07, 6.45) is 3.53. The molecule has 0 spiro atoms. The number of nitrogens with one attached hydrogen (secondary N) is 1. The predicted octanol–water partition coefficient (Wildman–Crippen LogP) is 2.60. The number of rotatable bonds is 6. The molecule has 0 bridgehead atoms. The zero-order valence-corrected chi connectivity index (χ0v) is 11.1. The quantitative estimate of drug-likeness (QED) is 0.723. The Labute approximate surface area is 107 Å². The Bertz CT molecular complexity index is 419. The van der Waals surface area contributed by atoms with E-state index in [1.54, 1.807) is 0 Å². The van der Waals surface area contributed by atoms with Crippen molar-refractivity contribution in [2.24, 2.45) is 5.92 Å². The summed E-state index contributed by atoms with van der Waals surface area (Å²) in [5.74, 6) is -0.00566. The highest BCUT2D eigenvalue weighted by atomic mass is 16.4. The molecule has 1 rings (SSSR count). The first kappa shape index (κ1) is 14.3. The van der Waals surface area contributed by atoms with Gasteiger partial charge < -0.3 is 16.2 Å². The Kier molecular flexibility index (Phi) is 4.95. The molecule has 18 heavy (non-hydrogen) atoms. The second-order valence-electron chi connectivity index (χ2n) is 4.99. The van der Waals surface area contributed by atoms with Crippen LogP contribution in [0, 0.1) is 5.92 Å². The monoisotopic (exact) mass is 251 g/mol. The van der Waals surface area contributed by atoms with E-state index in [1.807, 2.05) is 6.92 Å². The fraction of sp³-hybridized carbons (Fsp3) is 0.538. The van der Waals surface area contributed by atoms with Crippen LogP contribution in [-0.2, 0) is 0 Å². The van der Waals surface area contributed by atoms with Gasteiger partial charge in [-0.2, -0.15) is 0 Å². The minimum atomic E-state index is -1.02. The van der Waals surface area contributed by atoms with E-state index in [2.05, 4.69) is 24.1 Å². The van der Waals surface area contributed by atoms with Crippen molar-refractivity contribution >= 4 is 17.5 Å². The Morgan fingerprint density at radius 2 is 2.11 bits per heavy atom. The molecular weight excluding hydrogens is 230 g/mol. The van der Waals surface area contributed by atoms with Crippen molar-refractivity contribution in [3.63, 3.8) is 0 Å². The number of nitrogens with zero attached hydrogens (tertiary/aromatic N) is 1. The Hall–Kier alpha value is -1.78. The van der Waals surface area contributed by atoms with Crippen molar-refractivity contribution in [1.29, 1.82) is 0 Å². The van der Waals surface area contributed by atoms with Gasteiger partial charge in [-0.25, -0.2) is 9.78 Å². The fourth-order valence-corrected chi connectivity index (χ4v) is 1.65. The average Bonchev–Trinajstić information content (AvgIpc) is 2.28. The smallest absolute Gasteiger partial charge is 0.339 e. The first-order valence-corrected chi connectivity index (χ1v) is 6.15. The molecule has 1 unspecified atom stereocenters. The lowest BCUT2D eigenvalue weighted by Gasteiger charge is -2.17. The minimum Gasteiger partial charge on any atom is -0.478 e. The number of hydrogen-bond acceptors (Lipinski definition) is 4. The van der Waals surface area contributed by atoms with E-state index in [1.165, 1.54) is 12.3 Å². The second kappa shape index (κ2) is 6.23. The number of carbonyl (C=O) groups is 1. The van der Waals surface area contributed by atoms with E-state index in [9.17, 15) is 4.79 Å². The van der Waals surface area contributed by atoms with Gasteiger partial charge in [-0.1, -0.05) is 13.8 Å². The van der Waals surface area contributed by atoms with Crippen molar-refractivity contribution in [1.82, 2.24) is 4.98 Å². The molecule has 1 aromatic rings. The van der Waals surface area contributed by atoms with Crippen LogP contribution in [0.1, 0.15) is 44.0 Å². The summed E-state index contributed by atoms with van der Waals surface area (Å²) in [5.41, 5.74) is 6.01. The Balaban J connectivity index is 2.74. The van der Waals surface area contributed by atoms with E-state index >= 15 is 0 Å². The van der Waals surface area contributed by atoms with E-state index < -0.39 is 5.97 Å². The van der Waals surface area contributed by atoms with Crippen molar-refractivity contribution in [3.8, 4) is 0 Å². The Morgan fingerprint density at radius 1 is 1.44 bits per heavy atom. The van der Waals surface area contributed by atoms with Gasteiger partial charge in [0, 0.05) is 6.04 Å². The summed E-state index contributed by atoms with van der Waals surface area (Å²) in [5, 5.41) is 12.2. The number of carboxylic acid groups (broad SMARTS) is 1. The topological polar surface area (TPSA) is 88.2 Å². The standard InChI is InChI=1S/C13H21N3O2/c1-8(2)4-5-9(3)16-12-11(13(17)18)6-10(14)7-15-12/h6-9H,4-5,14H2,1-3H3,(H,15,16)(H,17,18). The molecule has 5 nitrogen and oxygen atoms in total. The Morgan fingerprint density at radius 3 is 2.67 bits per heavy atom. The molecular formula is C13H21N3O2. The van der Waals surface area contributed by atoms with E-state index in [4.69, 9.17) is 10.8 Å². The molecule has 0 saturated heterocycles. The van der Waals surface area contributed by atoms with Gasteiger partial charge in [-0.3, -0.25) is 0 Å². The first-order chi connectivity index (χ1) is 8.40. The van der Waals surface area contributed by atoms with E-state index in [-0.39, 0.29) is 11.6 Å². The van der Waals surface area contributed by atoms with Crippen LogP contribution < -0.4 is 11.1 Å². The van der Waals surface area contributed by atoms with Gasteiger partial charge in [0.15, 0.2) is 0 Å². The van der Waals surface area contributed by atoms with Crippen LogP contribution in [-0.4, -0.2) is 22.1 Å². The lowest BCUT2D eigenvalue weighted by molar-refractivity contribution is 0.0697. The molecule has 0 aliphatic heterocycles. The van der Waals surface area contributed by atoms with Gasteiger partial charge >= 0.3 is 5.97 Å². The lowest BCUT2D eigenvalue weighted by Crippen LogP contribution is -2.19. The molecule has 0 amide bonds. The van der Waals surface area contributed by atoms with Crippen molar-refractivity contribution < 1.29 is 9.90 Å². The van der Waals surface area contributed by atoms with Gasteiger partial charge in [-0.15, -0.1) is 0 Å². The summed E-state index contributed by atoms with van der Waals surface area (Å²) in [6, 6.07) is 1.61. The molecule has 0 saturated carbocycles. The van der Waals surface area contributed by atoms with Gasteiger partial charge in [0.25, 0.3) is 0 Å². The van der Waals surface area contributed by atoms with Crippen molar-refractivity contribution in [2.75, 3.05) is 11.1 Å². The first-order valence-electron chi connectivity index (χ1n) is 6.15. The third kappa shape index (κ3) is 4.24. The van der Waals surface area contributed by atoms with Gasteiger partial charge in [0.05, 0.1) is 11.9 Å². The molecule has 100 valence electrons. The number of pyridine rings is 1. The van der Waals surface area contributed by atoms with Crippen LogP contribution in [0.2, 0.25) is 0 Å². The highest BCUT2D eigenvalue weighted by molar-refractivity contribution is 5.94. The zero-order chi connectivity index (χ0) is 13.7. The summed E-state index contributed by atoms with van der Waals surface area (Å²) in [4.78, 5) is 15.1. The molecule has 0 fully saturated rings. The number of hydrogen-bond donors (Lipinski definition) is 3. The molecule has 0 radical (unpaired) electrons. The number of aromatic nitrogens is 1. The minimum absolute atomic E-state index is 0.117. The average molecular weight is 251 g/mol. The van der Waals surface area contributed by atoms with Crippen LogP contribution in [0.4, 0.5) is 11.5 Å². The normalized spacial score (nSPS) is 12.4. The summed E-state index contributed by atoms with van der Waals surface area (Å²) < 4.78 is 0. The molecule has 0 aromatic carbocycles. The number of nitrogens with two attached hydrogens (primary N) is 1. The maximum Gasteiger partial charge on any atom is 0.339 e. The highest BCUT2D eigenvalue weighted by Gasteiger charge is 2.14. The van der Waals surface area contributed by atoms with Crippen molar-refractivity contribution in [2.45, 2.75) is 39.7 Å². The SMILES string of the molecule is CC(C)CCC(C)Nc1ncc(N)cc1C(=O)O. The van der Waals surface area contributed by atoms with E-state index in [0.29, 0.717) is 17.4 Å². The largest absolute Gasteiger partial charge is 0.478 e. The van der Waals surface area contributed by atoms with Crippen LogP contribution in [0.25, 0.3) is 0 Å². The second-order valence-corrected chi connectivity index (χ2v) is 4.99. The third-order valence-corrected chi connectivity index (χ3v) is 2.70. The molecule has 4 N–H and O–H groups in total. The number of anilines is 2. The van der Waals surface area contributed by atoms with Crippen LogP contribution in [0.5, 0.6) is 0 Å². The molecule has 1 atom stereocenters. The van der Waals surface area contributed by atoms with Gasteiger partial charge in [0.1, 0.15) is 11.4 Å². The van der Waals surface area contributed by atoms with Crippen LogP contribution in [0.3, 0.4) is 0 Å². The summed E-state index contributed by atoms with van der Waals surface area (Å²) >= 11 is 0. The van der Waals surface area contributed by atoms with Gasteiger partial charge in [0.2, 0.25) is 0 Å². The molecule has 1 heterocycles. The number of carboxylic acids is 1. The lowest BCUT2D eigenvalue weighted by atomic mass is 10.0. The highest BCUT2D eigenvalue weighted by Crippen LogP contribution is 2.18. The van der Waals surface area contributed by atoms with Crippen molar-refractivity contribution in [3.05, 3.63) is 17.8 Å². The van der Waals surface area contributed by atoms with Crippen LogP contribution >= 0.6 is 0 Å². The molecule has 5 heteroatoms. The predicted molar refractivity (Wildman–Crippen MR) is 72.8 cm³/mol. The number of aromatic carboxylic acids is 1. The molecule has 1 aromatic heterocycles. The third-order valence-electron chi connectivity index (χ3n) is 2.70. The molecule has 0 aliphatic rings. The molecule has 0 aliphatic carbocycles. The van der Waals surface area contributed by atoms with Gasteiger partial charge in [-0.05, 0) is 31.7 Å². The summed E-state index contributed by atoms with van der Waals surface area (Å²) in [6.45, 7) is 6.35. The maximum absolute atomic E-state index is 11.1. The van der Waals surface area contributed by atoms with Crippen LogP contribution in [0.15, 0.2) is 12.3 Å².